The fourth-order valence-corrected chi connectivity index (χ4v) is 3.46. The molecule has 0 aliphatic carbocycles. The summed E-state index contributed by atoms with van der Waals surface area (Å²) in [6.45, 7) is 3.35. The number of rotatable bonds is 4. The van der Waals surface area contributed by atoms with E-state index in [0.29, 0.717) is 10.6 Å². The summed E-state index contributed by atoms with van der Waals surface area (Å²) in [5.74, 6) is -0.180. The molecule has 1 saturated heterocycles. The number of benzene rings is 2. The molecule has 0 saturated carbocycles. The Morgan fingerprint density at radius 1 is 1.13 bits per heavy atom. The zero-order valence-electron chi connectivity index (χ0n) is 12.7. The maximum Gasteiger partial charge on any atom is 0.257 e. The van der Waals surface area contributed by atoms with Crippen LogP contribution in [0.4, 0.5) is 5.69 Å². The normalized spacial score (nSPS) is 14.9. The quantitative estimate of drug-likeness (QED) is 0.693. The number of anilines is 1. The number of amides is 1. The Hall–Kier alpha value is -1.11. The Morgan fingerprint density at radius 3 is 2.52 bits per heavy atom. The van der Waals surface area contributed by atoms with Gasteiger partial charge >= 0.3 is 0 Å². The Labute approximate surface area is 155 Å². The van der Waals surface area contributed by atoms with Crippen molar-refractivity contribution >= 4 is 45.8 Å². The van der Waals surface area contributed by atoms with E-state index in [1.165, 1.54) is 31.5 Å². The van der Waals surface area contributed by atoms with Crippen LogP contribution in [-0.2, 0) is 6.54 Å². The molecule has 0 bridgehead atoms. The van der Waals surface area contributed by atoms with Gasteiger partial charge in [-0.05, 0) is 84.4 Å². The second-order valence-electron chi connectivity index (χ2n) is 5.76. The smallest absolute Gasteiger partial charge is 0.257 e. The lowest BCUT2D eigenvalue weighted by atomic mass is 10.1. The molecule has 1 N–H and O–H groups in total. The highest BCUT2D eigenvalue weighted by Gasteiger charge is 2.13. The number of hydrogen-bond acceptors (Lipinski definition) is 2. The summed E-state index contributed by atoms with van der Waals surface area (Å²) >= 11 is 8.28. The predicted octanol–water partition coefficient (Wildman–Crippen LogP) is 4.79. The third-order valence-electron chi connectivity index (χ3n) is 3.99. The van der Waals surface area contributed by atoms with Gasteiger partial charge in [0.2, 0.25) is 0 Å². The van der Waals surface area contributed by atoms with Gasteiger partial charge in [-0.2, -0.15) is 0 Å². The van der Waals surface area contributed by atoms with Crippen LogP contribution < -0.4 is 5.32 Å². The first kappa shape index (κ1) is 16.7. The molecular formula is C18H18ClIN2O. The molecule has 2 aromatic carbocycles. The lowest BCUT2D eigenvalue weighted by molar-refractivity contribution is 0.102. The van der Waals surface area contributed by atoms with Gasteiger partial charge in [-0.3, -0.25) is 9.69 Å². The molecule has 1 fully saturated rings. The summed E-state index contributed by atoms with van der Waals surface area (Å²) in [5.41, 5.74) is 2.56. The van der Waals surface area contributed by atoms with Gasteiger partial charge in [0.05, 0.1) is 10.6 Å². The molecule has 0 aromatic heterocycles. The molecule has 1 aliphatic rings. The third-order valence-corrected chi connectivity index (χ3v) is 4.99. The maximum atomic E-state index is 12.3. The van der Waals surface area contributed by atoms with E-state index in [4.69, 9.17) is 11.6 Å². The number of nitrogens with one attached hydrogen (secondary N) is 1. The monoisotopic (exact) mass is 440 g/mol. The summed E-state index contributed by atoms with van der Waals surface area (Å²) < 4.78 is 0.984. The molecule has 0 radical (unpaired) electrons. The highest BCUT2D eigenvalue weighted by molar-refractivity contribution is 14.1. The lowest BCUT2D eigenvalue weighted by Crippen LogP contribution is -2.18. The molecule has 1 aliphatic heterocycles. The van der Waals surface area contributed by atoms with Crippen LogP contribution in [0.2, 0.25) is 5.02 Å². The van der Waals surface area contributed by atoms with Crippen LogP contribution >= 0.6 is 34.2 Å². The van der Waals surface area contributed by atoms with Gasteiger partial charge in [-0.1, -0.05) is 23.7 Å². The maximum absolute atomic E-state index is 12.3. The third kappa shape index (κ3) is 4.46. The van der Waals surface area contributed by atoms with E-state index in [2.05, 4.69) is 44.9 Å². The summed E-state index contributed by atoms with van der Waals surface area (Å²) in [6, 6.07) is 13.5. The molecule has 0 unspecified atom stereocenters. The molecule has 3 nitrogen and oxygen atoms in total. The Balaban J connectivity index is 1.65. The van der Waals surface area contributed by atoms with Crippen molar-refractivity contribution in [3.05, 3.63) is 62.2 Å². The predicted molar refractivity (Wildman–Crippen MR) is 103 cm³/mol. The molecule has 0 spiro atoms. The molecule has 1 amide bonds. The average molecular weight is 441 g/mol. The van der Waals surface area contributed by atoms with Crippen molar-refractivity contribution in [1.29, 1.82) is 0 Å². The van der Waals surface area contributed by atoms with Gasteiger partial charge in [0.15, 0.2) is 0 Å². The van der Waals surface area contributed by atoms with Gasteiger partial charge in [0.25, 0.3) is 5.91 Å². The second kappa shape index (κ2) is 7.64. The standard InChI is InChI=1S/C18H18ClIN2O/c19-17-8-5-14(20)11-16(17)18(23)21-15-6-3-13(4-7-15)12-22-9-1-2-10-22/h3-8,11H,1-2,9-10,12H2,(H,21,23). The number of halogens is 2. The lowest BCUT2D eigenvalue weighted by Gasteiger charge is -2.15. The van der Waals surface area contributed by atoms with Crippen molar-refractivity contribution in [2.45, 2.75) is 19.4 Å². The van der Waals surface area contributed by atoms with Crippen LogP contribution in [0.5, 0.6) is 0 Å². The van der Waals surface area contributed by atoms with Crippen LogP contribution in [0, 0.1) is 3.57 Å². The van der Waals surface area contributed by atoms with E-state index in [9.17, 15) is 4.79 Å². The molecule has 23 heavy (non-hydrogen) atoms. The number of likely N-dealkylation sites (tertiary alicyclic amines) is 1. The summed E-state index contributed by atoms with van der Waals surface area (Å²) in [4.78, 5) is 14.8. The fraction of sp³-hybridized carbons (Fsp3) is 0.278. The van der Waals surface area contributed by atoms with Crippen LogP contribution in [0.3, 0.4) is 0 Å². The van der Waals surface area contributed by atoms with E-state index < -0.39 is 0 Å². The minimum Gasteiger partial charge on any atom is -0.322 e. The number of nitrogens with zero attached hydrogens (tertiary/aromatic N) is 1. The Morgan fingerprint density at radius 2 is 1.83 bits per heavy atom. The van der Waals surface area contributed by atoms with E-state index in [-0.39, 0.29) is 5.91 Å². The highest BCUT2D eigenvalue weighted by Crippen LogP contribution is 2.21. The van der Waals surface area contributed by atoms with Crippen molar-refractivity contribution < 1.29 is 4.79 Å². The van der Waals surface area contributed by atoms with E-state index in [0.717, 1.165) is 15.8 Å². The van der Waals surface area contributed by atoms with Crippen molar-refractivity contribution in [3.8, 4) is 0 Å². The van der Waals surface area contributed by atoms with Gasteiger partial charge in [0.1, 0.15) is 0 Å². The summed E-state index contributed by atoms with van der Waals surface area (Å²) in [5, 5.41) is 3.37. The summed E-state index contributed by atoms with van der Waals surface area (Å²) in [6.07, 6.45) is 2.59. The molecule has 1 heterocycles. The van der Waals surface area contributed by atoms with E-state index in [1.807, 2.05) is 18.2 Å². The number of hydrogen-bond donors (Lipinski definition) is 1. The van der Waals surface area contributed by atoms with Crippen LogP contribution in [0.25, 0.3) is 0 Å². The average Bonchev–Trinajstić information content (AvgIpc) is 3.04. The largest absolute Gasteiger partial charge is 0.322 e. The second-order valence-corrected chi connectivity index (χ2v) is 7.41. The van der Waals surface area contributed by atoms with Crippen molar-refractivity contribution in [2.75, 3.05) is 18.4 Å². The SMILES string of the molecule is O=C(Nc1ccc(CN2CCCC2)cc1)c1cc(I)ccc1Cl. The van der Waals surface area contributed by atoms with Gasteiger partial charge in [0, 0.05) is 15.8 Å². The van der Waals surface area contributed by atoms with Gasteiger partial charge in [-0.25, -0.2) is 0 Å². The van der Waals surface area contributed by atoms with E-state index >= 15 is 0 Å². The number of carbonyl (C=O) groups is 1. The minimum absolute atomic E-state index is 0.180. The Bertz CT molecular complexity index is 697. The molecule has 2 aromatic rings. The van der Waals surface area contributed by atoms with Crippen LogP contribution in [0.15, 0.2) is 42.5 Å². The van der Waals surface area contributed by atoms with E-state index in [1.54, 1.807) is 12.1 Å². The molecule has 5 heteroatoms. The fourth-order valence-electron chi connectivity index (χ4n) is 2.76. The summed E-state index contributed by atoms with van der Waals surface area (Å²) in [7, 11) is 0. The molecule has 120 valence electrons. The molecule has 3 rings (SSSR count). The van der Waals surface area contributed by atoms with Gasteiger partial charge < -0.3 is 5.32 Å². The first-order valence-corrected chi connectivity index (χ1v) is 9.15. The molecule has 0 atom stereocenters. The van der Waals surface area contributed by atoms with Gasteiger partial charge in [-0.15, -0.1) is 0 Å². The zero-order valence-corrected chi connectivity index (χ0v) is 15.6. The molecular weight excluding hydrogens is 423 g/mol. The van der Waals surface area contributed by atoms with Crippen molar-refractivity contribution in [2.24, 2.45) is 0 Å². The first-order valence-electron chi connectivity index (χ1n) is 7.69. The topological polar surface area (TPSA) is 32.3 Å². The number of carbonyl (C=O) groups excluding carboxylic acids is 1. The van der Waals surface area contributed by atoms with Crippen molar-refractivity contribution in [3.63, 3.8) is 0 Å². The van der Waals surface area contributed by atoms with Crippen LogP contribution in [-0.4, -0.2) is 23.9 Å². The minimum atomic E-state index is -0.180. The zero-order chi connectivity index (χ0) is 16.2. The highest BCUT2D eigenvalue weighted by atomic mass is 127. The van der Waals surface area contributed by atoms with Crippen LogP contribution in [0.1, 0.15) is 28.8 Å². The first-order chi connectivity index (χ1) is 11.1. The van der Waals surface area contributed by atoms with Crippen molar-refractivity contribution in [1.82, 2.24) is 4.90 Å². The Kier molecular flexibility index (Phi) is 5.56.